The summed E-state index contributed by atoms with van der Waals surface area (Å²) < 4.78 is 1.75. The quantitative estimate of drug-likeness (QED) is 0.655. The number of aryl methyl sites for hydroxylation is 2. The van der Waals surface area contributed by atoms with Crippen molar-refractivity contribution in [3.8, 4) is 0 Å². The van der Waals surface area contributed by atoms with E-state index in [1.54, 1.807) is 4.68 Å². The third kappa shape index (κ3) is 1.93. The number of para-hydroxylation sites is 1. The van der Waals surface area contributed by atoms with Gasteiger partial charge in [-0.05, 0) is 13.0 Å². The number of rotatable bonds is 2. The predicted molar refractivity (Wildman–Crippen MR) is 75.3 cm³/mol. The third-order valence-electron chi connectivity index (χ3n) is 3.29. The molecule has 0 radical (unpaired) electrons. The average molecular weight is 250 g/mol. The molecule has 0 aliphatic carbocycles. The van der Waals surface area contributed by atoms with E-state index in [2.05, 4.69) is 5.10 Å². The molecule has 0 spiro atoms. The number of benzene rings is 2. The number of carbonyl (C=O) groups is 1. The average Bonchev–Trinajstić information content (AvgIpc) is 2.77. The van der Waals surface area contributed by atoms with Gasteiger partial charge in [-0.1, -0.05) is 48.0 Å². The van der Waals surface area contributed by atoms with Crippen LogP contribution in [0.3, 0.4) is 0 Å². The molecule has 0 saturated carbocycles. The van der Waals surface area contributed by atoms with Gasteiger partial charge in [0, 0.05) is 18.0 Å². The van der Waals surface area contributed by atoms with Crippen LogP contribution < -0.4 is 0 Å². The molecular weight excluding hydrogens is 236 g/mol. The van der Waals surface area contributed by atoms with Crippen molar-refractivity contribution in [1.29, 1.82) is 0 Å². The molecule has 0 aliphatic rings. The number of hydrogen-bond acceptors (Lipinski definition) is 2. The molecule has 19 heavy (non-hydrogen) atoms. The third-order valence-corrected chi connectivity index (χ3v) is 3.29. The molecule has 3 heteroatoms. The van der Waals surface area contributed by atoms with Crippen LogP contribution in [0.1, 0.15) is 21.6 Å². The zero-order valence-electron chi connectivity index (χ0n) is 10.9. The van der Waals surface area contributed by atoms with E-state index < -0.39 is 0 Å². The highest BCUT2D eigenvalue weighted by Gasteiger charge is 2.17. The second kappa shape index (κ2) is 4.35. The maximum absolute atomic E-state index is 12.5. The zero-order chi connectivity index (χ0) is 13.4. The summed E-state index contributed by atoms with van der Waals surface area (Å²) in [5, 5.41) is 5.25. The maximum atomic E-state index is 12.5. The van der Waals surface area contributed by atoms with Gasteiger partial charge < -0.3 is 0 Å². The Bertz CT molecular complexity index is 754. The normalized spacial score (nSPS) is 10.8. The first-order valence-electron chi connectivity index (χ1n) is 6.20. The Hall–Kier alpha value is -2.42. The minimum atomic E-state index is -0.0307. The lowest BCUT2D eigenvalue weighted by molar-refractivity contribution is 0.103. The minimum Gasteiger partial charge on any atom is -0.287 e. The van der Waals surface area contributed by atoms with Crippen LogP contribution in [0.4, 0.5) is 0 Å². The predicted octanol–water partition coefficient (Wildman–Crippen LogP) is 3.11. The van der Waals surface area contributed by atoms with Crippen molar-refractivity contribution in [2.24, 2.45) is 7.05 Å². The molecule has 3 rings (SSSR count). The summed E-state index contributed by atoms with van der Waals surface area (Å²) in [6.07, 6.45) is 0. The number of nitrogens with zero attached hydrogens (tertiary/aromatic N) is 2. The summed E-state index contributed by atoms with van der Waals surface area (Å²) in [5.74, 6) is -0.0307. The van der Waals surface area contributed by atoms with Gasteiger partial charge in [-0.25, -0.2) is 0 Å². The van der Waals surface area contributed by atoms with E-state index in [0.717, 1.165) is 16.5 Å². The zero-order valence-corrected chi connectivity index (χ0v) is 10.9. The van der Waals surface area contributed by atoms with Crippen LogP contribution in [0.5, 0.6) is 0 Å². The van der Waals surface area contributed by atoms with Gasteiger partial charge in [0.1, 0.15) is 5.69 Å². The van der Waals surface area contributed by atoms with E-state index in [0.29, 0.717) is 11.3 Å². The highest BCUT2D eigenvalue weighted by atomic mass is 16.1. The largest absolute Gasteiger partial charge is 0.287 e. The monoisotopic (exact) mass is 250 g/mol. The standard InChI is InChI=1S/C16H14N2O/c1-11-7-9-12(10-8-11)16(19)15-13-5-3-4-6-14(13)18(2)17-15/h3-10H,1-2H3. The Morgan fingerprint density at radius 2 is 1.74 bits per heavy atom. The molecular formula is C16H14N2O. The summed E-state index contributed by atoms with van der Waals surface area (Å²) in [7, 11) is 1.86. The SMILES string of the molecule is Cc1ccc(C(=O)c2nn(C)c3ccccc23)cc1. The van der Waals surface area contributed by atoms with Crippen molar-refractivity contribution >= 4 is 16.7 Å². The molecule has 0 bridgehead atoms. The van der Waals surface area contributed by atoms with Crippen LogP contribution in [0, 0.1) is 6.92 Å². The highest BCUT2D eigenvalue weighted by Crippen LogP contribution is 2.20. The Morgan fingerprint density at radius 3 is 2.47 bits per heavy atom. The van der Waals surface area contributed by atoms with Gasteiger partial charge in [-0.3, -0.25) is 9.48 Å². The molecule has 0 aliphatic heterocycles. The first-order valence-corrected chi connectivity index (χ1v) is 6.20. The van der Waals surface area contributed by atoms with Gasteiger partial charge in [-0.2, -0.15) is 5.10 Å². The van der Waals surface area contributed by atoms with E-state index in [1.807, 2.05) is 62.5 Å². The van der Waals surface area contributed by atoms with Crippen LogP contribution in [-0.4, -0.2) is 15.6 Å². The van der Waals surface area contributed by atoms with Crippen molar-refractivity contribution in [3.63, 3.8) is 0 Å². The Kier molecular flexibility index (Phi) is 2.67. The lowest BCUT2D eigenvalue weighted by Crippen LogP contribution is -2.03. The molecule has 0 unspecified atom stereocenters. The number of ketones is 1. The number of fused-ring (bicyclic) bond motifs is 1. The molecule has 0 N–H and O–H groups in total. The van der Waals surface area contributed by atoms with Gasteiger partial charge in [0.15, 0.2) is 0 Å². The number of carbonyl (C=O) groups excluding carboxylic acids is 1. The van der Waals surface area contributed by atoms with Gasteiger partial charge >= 0.3 is 0 Å². The molecule has 0 fully saturated rings. The number of hydrogen-bond donors (Lipinski definition) is 0. The Labute approximate surface area is 111 Å². The summed E-state index contributed by atoms with van der Waals surface area (Å²) in [4.78, 5) is 12.5. The second-order valence-electron chi connectivity index (χ2n) is 4.68. The van der Waals surface area contributed by atoms with Crippen LogP contribution >= 0.6 is 0 Å². The fraction of sp³-hybridized carbons (Fsp3) is 0.125. The minimum absolute atomic E-state index is 0.0307. The van der Waals surface area contributed by atoms with Gasteiger partial charge in [0.05, 0.1) is 5.52 Å². The van der Waals surface area contributed by atoms with Gasteiger partial charge in [-0.15, -0.1) is 0 Å². The summed E-state index contributed by atoms with van der Waals surface area (Å²) in [6, 6.07) is 15.4. The summed E-state index contributed by atoms with van der Waals surface area (Å²) in [5.41, 5.74) is 3.30. The fourth-order valence-electron chi connectivity index (χ4n) is 2.22. The Morgan fingerprint density at radius 1 is 1.05 bits per heavy atom. The van der Waals surface area contributed by atoms with Crippen LogP contribution in [0.25, 0.3) is 10.9 Å². The molecule has 0 amide bonds. The lowest BCUT2D eigenvalue weighted by Gasteiger charge is -1.99. The van der Waals surface area contributed by atoms with Crippen molar-refractivity contribution in [2.75, 3.05) is 0 Å². The first-order chi connectivity index (χ1) is 9.16. The smallest absolute Gasteiger partial charge is 0.213 e. The van der Waals surface area contributed by atoms with Gasteiger partial charge in [0.25, 0.3) is 0 Å². The van der Waals surface area contributed by atoms with Crippen molar-refractivity contribution < 1.29 is 4.79 Å². The highest BCUT2D eigenvalue weighted by molar-refractivity contribution is 6.14. The van der Waals surface area contributed by atoms with E-state index in [9.17, 15) is 4.79 Å². The molecule has 3 nitrogen and oxygen atoms in total. The van der Waals surface area contributed by atoms with E-state index in [1.165, 1.54) is 0 Å². The molecule has 3 aromatic rings. The van der Waals surface area contributed by atoms with Crippen LogP contribution in [0.15, 0.2) is 48.5 Å². The molecule has 0 saturated heterocycles. The summed E-state index contributed by atoms with van der Waals surface area (Å²) >= 11 is 0. The van der Waals surface area contributed by atoms with Crippen molar-refractivity contribution in [1.82, 2.24) is 9.78 Å². The Balaban J connectivity index is 2.14. The van der Waals surface area contributed by atoms with Crippen LogP contribution in [0.2, 0.25) is 0 Å². The van der Waals surface area contributed by atoms with Crippen molar-refractivity contribution in [3.05, 3.63) is 65.4 Å². The second-order valence-corrected chi connectivity index (χ2v) is 4.68. The molecule has 0 atom stereocenters. The topological polar surface area (TPSA) is 34.9 Å². The van der Waals surface area contributed by atoms with Crippen molar-refractivity contribution in [2.45, 2.75) is 6.92 Å². The molecule has 94 valence electrons. The molecule has 1 aromatic heterocycles. The molecule has 2 aromatic carbocycles. The lowest BCUT2D eigenvalue weighted by atomic mass is 10.0. The van der Waals surface area contributed by atoms with E-state index in [4.69, 9.17) is 0 Å². The first kappa shape index (κ1) is 11.7. The van der Waals surface area contributed by atoms with Gasteiger partial charge in [0.2, 0.25) is 5.78 Å². The molecule has 1 heterocycles. The summed E-state index contributed by atoms with van der Waals surface area (Å²) in [6.45, 7) is 2.00. The maximum Gasteiger partial charge on any atom is 0.213 e. The van der Waals surface area contributed by atoms with Crippen LogP contribution in [-0.2, 0) is 7.05 Å². The van der Waals surface area contributed by atoms with E-state index in [-0.39, 0.29) is 5.78 Å². The number of aromatic nitrogens is 2. The fourth-order valence-corrected chi connectivity index (χ4v) is 2.22. The van der Waals surface area contributed by atoms with E-state index >= 15 is 0 Å².